The number of pyridine rings is 1. The first kappa shape index (κ1) is 13.0. The zero-order valence-corrected chi connectivity index (χ0v) is 12.0. The maximum Gasteiger partial charge on any atom is 0.126 e. The average molecular weight is 284 g/mol. The maximum atomic E-state index is 5.67. The van der Waals surface area contributed by atoms with Crippen LogP contribution < -0.4 is 0 Å². The van der Waals surface area contributed by atoms with E-state index >= 15 is 0 Å². The van der Waals surface area contributed by atoms with Crippen molar-refractivity contribution in [2.24, 2.45) is 5.92 Å². The van der Waals surface area contributed by atoms with Crippen LogP contribution in [0.15, 0.2) is 30.7 Å². The lowest BCUT2D eigenvalue weighted by Gasteiger charge is -2.34. The molecule has 0 amide bonds. The van der Waals surface area contributed by atoms with Gasteiger partial charge in [-0.1, -0.05) is 0 Å². The van der Waals surface area contributed by atoms with Crippen LogP contribution in [0, 0.1) is 5.92 Å². The summed E-state index contributed by atoms with van der Waals surface area (Å²) in [6.07, 6.45) is 8.30. The first-order chi connectivity index (χ1) is 10.4. The number of imidazole rings is 1. The van der Waals surface area contributed by atoms with Crippen LogP contribution in [0.5, 0.6) is 0 Å². The minimum Gasteiger partial charge on any atom is -0.378 e. The Kier molecular flexibility index (Phi) is 3.45. The molecule has 21 heavy (non-hydrogen) atoms. The fourth-order valence-electron chi connectivity index (χ4n) is 2.92. The quantitative estimate of drug-likeness (QED) is 0.935. The molecule has 0 radical (unpaired) electrons. The van der Waals surface area contributed by atoms with Crippen molar-refractivity contribution >= 4 is 0 Å². The first-order valence-electron chi connectivity index (χ1n) is 7.67. The normalized spacial score (nSPS) is 23.3. The molecule has 3 heterocycles. The molecule has 2 fully saturated rings. The number of nitrogens with zero attached hydrogens (tertiary/aromatic N) is 3. The van der Waals surface area contributed by atoms with Crippen molar-refractivity contribution in [3.8, 4) is 11.3 Å². The van der Waals surface area contributed by atoms with E-state index in [2.05, 4.69) is 19.9 Å². The largest absolute Gasteiger partial charge is 0.378 e. The summed E-state index contributed by atoms with van der Waals surface area (Å²) < 4.78 is 5.67. The van der Waals surface area contributed by atoms with Crippen molar-refractivity contribution in [3.05, 3.63) is 36.5 Å². The summed E-state index contributed by atoms with van der Waals surface area (Å²) in [6, 6.07) is 4.24. The lowest BCUT2D eigenvalue weighted by Crippen LogP contribution is -2.41. The van der Waals surface area contributed by atoms with Crippen molar-refractivity contribution in [1.82, 2.24) is 19.9 Å². The number of ether oxygens (including phenoxy) is 1. The molecule has 0 aromatic carbocycles. The van der Waals surface area contributed by atoms with Crippen LogP contribution in [-0.4, -0.2) is 46.2 Å². The maximum absolute atomic E-state index is 5.67. The summed E-state index contributed by atoms with van der Waals surface area (Å²) >= 11 is 0. The van der Waals surface area contributed by atoms with E-state index in [0.717, 1.165) is 42.8 Å². The second-order valence-electron chi connectivity index (χ2n) is 5.95. The van der Waals surface area contributed by atoms with Gasteiger partial charge in [0.05, 0.1) is 31.1 Å². The molecule has 1 aliphatic heterocycles. The summed E-state index contributed by atoms with van der Waals surface area (Å²) in [5, 5.41) is 0. The first-order valence-corrected chi connectivity index (χ1v) is 7.67. The highest BCUT2D eigenvalue weighted by Gasteiger charge is 2.32. The third-order valence-electron chi connectivity index (χ3n) is 4.31. The number of hydrogen-bond acceptors (Lipinski definition) is 4. The predicted octanol–water partition coefficient (Wildman–Crippen LogP) is 2.25. The van der Waals surface area contributed by atoms with Crippen molar-refractivity contribution in [2.75, 3.05) is 26.3 Å². The Morgan fingerprint density at radius 3 is 3.10 bits per heavy atom. The molecule has 1 aliphatic carbocycles. The molecule has 1 N–H and O–H groups in total. The predicted molar refractivity (Wildman–Crippen MR) is 79.7 cm³/mol. The van der Waals surface area contributed by atoms with Crippen LogP contribution in [-0.2, 0) is 4.74 Å². The molecule has 2 aromatic heterocycles. The topological polar surface area (TPSA) is 54.0 Å². The highest BCUT2D eigenvalue weighted by molar-refractivity contribution is 5.56. The Bertz CT molecular complexity index is 593. The molecule has 5 heteroatoms. The fourth-order valence-corrected chi connectivity index (χ4v) is 2.92. The highest BCUT2D eigenvalue weighted by atomic mass is 16.5. The Morgan fingerprint density at radius 2 is 2.29 bits per heavy atom. The lowest BCUT2D eigenvalue weighted by atomic mass is 10.2. The number of rotatable bonds is 4. The molecule has 0 bridgehead atoms. The van der Waals surface area contributed by atoms with Crippen LogP contribution in [0.2, 0.25) is 0 Å². The van der Waals surface area contributed by atoms with Crippen LogP contribution >= 0.6 is 0 Å². The number of aromatic nitrogens is 3. The SMILES string of the molecule is c1cncc(-c2cnc(C3COCCN3CC3CC3)[nH]2)c1. The molecule has 110 valence electrons. The molecule has 1 saturated heterocycles. The van der Waals surface area contributed by atoms with Gasteiger partial charge in [-0.3, -0.25) is 9.88 Å². The number of H-pyrrole nitrogens is 1. The second-order valence-corrected chi connectivity index (χ2v) is 5.95. The molecule has 5 nitrogen and oxygen atoms in total. The Balaban J connectivity index is 1.55. The smallest absolute Gasteiger partial charge is 0.126 e. The third-order valence-corrected chi connectivity index (χ3v) is 4.31. The van der Waals surface area contributed by atoms with Crippen LogP contribution in [0.1, 0.15) is 24.7 Å². The fraction of sp³-hybridized carbons (Fsp3) is 0.500. The molecule has 1 atom stereocenters. The molecule has 4 rings (SSSR count). The van der Waals surface area contributed by atoms with Crippen LogP contribution in [0.3, 0.4) is 0 Å². The van der Waals surface area contributed by atoms with E-state index in [9.17, 15) is 0 Å². The standard InChI is InChI=1S/C16H20N4O/c1-2-13(8-17-5-1)14-9-18-16(19-14)15-11-21-7-6-20(15)10-12-3-4-12/h1-2,5,8-9,12,15H,3-4,6-7,10-11H2,(H,18,19). The molecular weight excluding hydrogens is 264 g/mol. The molecular formula is C16H20N4O. The zero-order chi connectivity index (χ0) is 14.1. The van der Waals surface area contributed by atoms with Gasteiger partial charge in [0.15, 0.2) is 0 Å². The van der Waals surface area contributed by atoms with E-state index in [1.165, 1.54) is 19.4 Å². The van der Waals surface area contributed by atoms with Gasteiger partial charge in [-0.2, -0.15) is 0 Å². The molecule has 1 saturated carbocycles. The van der Waals surface area contributed by atoms with E-state index in [-0.39, 0.29) is 6.04 Å². The van der Waals surface area contributed by atoms with E-state index < -0.39 is 0 Å². The van der Waals surface area contributed by atoms with Gasteiger partial charge in [0.25, 0.3) is 0 Å². The third kappa shape index (κ3) is 2.84. The summed E-state index contributed by atoms with van der Waals surface area (Å²) in [4.78, 5) is 14.7. The Hall–Kier alpha value is -1.72. The molecule has 0 spiro atoms. The van der Waals surface area contributed by atoms with Crippen LogP contribution in [0.25, 0.3) is 11.3 Å². The van der Waals surface area contributed by atoms with Gasteiger partial charge in [0, 0.05) is 31.0 Å². The van der Waals surface area contributed by atoms with Gasteiger partial charge < -0.3 is 9.72 Å². The van der Waals surface area contributed by atoms with Gasteiger partial charge in [-0.25, -0.2) is 4.98 Å². The number of nitrogens with one attached hydrogen (secondary N) is 1. The Morgan fingerprint density at radius 1 is 1.33 bits per heavy atom. The van der Waals surface area contributed by atoms with E-state index in [1.54, 1.807) is 6.20 Å². The minimum absolute atomic E-state index is 0.254. The van der Waals surface area contributed by atoms with Gasteiger partial charge in [0.2, 0.25) is 0 Å². The van der Waals surface area contributed by atoms with Crippen molar-refractivity contribution in [1.29, 1.82) is 0 Å². The van der Waals surface area contributed by atoms with Crippen molar-refractivity contribution in [3.63, 3.8) is 0 Å². The summed E-state index contributed by atoms with van der Waals surface area (Å²) in [6.45, 7) is 3.74. The van der Waals surface area contributed by atoms with E-state index in [0.29, 0.717) is 0 Å². The van der Waals surface area contributed by atoms with E-state index in [1.807, 2.05) is 24.5 Å². The van der Waals surface area contributed by atoms with Gasteiger partial charge in [-0.05, 0) is 30.9 Å². The lowest BCUT2D eigenvalue weighted by molar-refractivity contribution is -0.0134. The number of hydrogen-bond donors (Lipinski definition) is 1. The number of morpholine rings is 1. The average Bonchev–Trinajstić information content (AvgIpc) is 3.22. The molecule has 2 aliphatic rings. The van der Waals surface area contributed by atoms with Gasteiger partial charge in [0.1, 0.15) is 5.82 Å². The minimum atomic E-state index is 0.254. The summed E-state index contributed by atoms with van der Waals surface area (Å²) in [5.74, 6) is 1.90. The summed E-state index contributed by atoms with van der Waals surface area (Å²) in [5.41, 5.74) is 2.09. The van der Waals surface area contributed by atoms with Crippen LogP contribution in [0.4, 0.5) is 0 Å². The molecule has 2 aromatic rings. The van der Waals surface area contributed by atoms with E-state index in [4.69, 9.17) is 4.74 Å². The van der Waals surface area contributed by atoms with Gasteiger partial charge in [-0.15, -0.1) is 0 Å². The van der Waals surface area contributed by atoms with Crippen molar-refractivity contribution < 1.29 is 4.74 Å². The Labute approximate surface area is 124 Å². The molecule has 1 unspecified atom stereocenters. The monoisotopic (exact) mass is 284 g/mol. The summed E-state index contributed by atoms with van der Waals surface area (Å²) in [7, 11) is 0. The zero-order valence-electron chi connectivity index (χ0n) is 12.0. The number of aromatic amines is 1. The van der Waals surface area contributed by atoms with Gasteiger partial charge >= 0.3 is 0 Å². The van der Waals surface area contributed by atoms with Crippen molar-refractivity contribution in [2.45, 2.75) is 18.9 Å². The highest BCUT2D eigenvalue weighted by Crippen LogP contribution is 2.33. The second kappa shape index (κ2) is 5.58.